The smallest absolute Gasteiger partial charge is 0.320 e. The largest absolute Gasteiger partial charge is 0.325 e. The maximum atomic E-state index is 11.5. The minimum absolute atomic E-state index is 0.0411. The molecule has 0 aromatic heterocycles. The van der Waals surface area contributed by atoms with Crippen LogP contribution in [0.4, 0.5) is 4.79 Å². The van der Waals surface area contributed by atoms with Gasteiger partial charge in [0, 0.05) is 20.1 Å². The van der Waals surface area contributed by atoms with Crippen LogP contribution in [0, 0.1) is 0 Å². The predicted molar refractivity (Wildman–Crippen MR) is 50.0 cm³/mol. The maximum absolute atomic E-state index is 11.5. The van der Waals surface area contributed by atoms with Crippen LogP contribution in [0.5, 0.6) is 0 Å². The van der Waals surface area contributed by atoms with Crippen molar-refractivity contribution < 1.29 is 4.79 Å². The normalized spacial score (nSPS) is 10.2. The zero-order valence-corrected chi connectivity index (χ0v) is 8.59. The molecule has 0 aliphatic rings. The van der Waals surface area contributed by atoms with Crippen LogP contribution in [-0.4, -0.2) is 49.7 Å². The maximum Gasteiger partial charge on any atom is 0.320 e. The molecule has 0 saturated heterocycles. The molecule has 12 heavy (non-hydrogen) atoms. The number of rotatable bonds is 3. The molecule has 72 valence electrons. The molecular formula is C8H19N3O. The van der Waals surface area contributed by atoms with E-state index in [1.54, 1.807) is 23.9 Å². The fourth-order valence-electron chi connectivity index (χ4n) is 0.795. The number of carbonyl (C=O) groups excluding carboxylic acids is 1. The Morgan fingerprint density at radius 1 is 1.42 bits per heavy atom. The van der Waals surface area contributed by atoms with Gasteiger partial charge in [0.2, 0.25) is 0 Å². The lowest BCUT2D eigenvalue weighted by Crippen LogP contribution is -2.45. The standard InChI is InChI=1S/C8H19N3O/c1-7(2)11(5)8(12)10(4)6-9-3/h7,9H,6H2,1-5H3. The van der Waals surface area contributed by atoms with Crippen molar-refractivity contribution >= 4 is 6.03 Å². The van der Waals surface area contributed by atoms with E-state index in [4.69, 9.17) is 0 Å². The highest BCUT2D eigenvalue weighted by atomic mass is 16.2. The number of urea groups is 1. The second kappa shape index (κ2) is 4.98. The van der Waals surface area contributed by atoms with Crippen LogP contribution >= 0.6 is 0 Å². The Morgan fingerprint density at radius 3 is 2.25 bits per heavy atom. The molecule has 2 amide bonds. The predicted octanol–water partition coefficient (Wildman–Crippen LogP) is 0.555. The third kappa shape index (κ3) is 3.09. The molecule has 0 radical (unpaired) electrons. The molecule has 0 fully saturated rings. The number of hydrogen-bond acceptors (Lipinski definition) is 2. The number of carbonyl (C=O) groups is 1. The SMILES string of the molecule is CNCN(C)C(=O)N(C)C(C)C. The van der Waals surface area contributed by atoms with Crippen molar-refractivity contribution in [1.82, 2.24) is 15.1 Å². The molecule has 1 N–H and O–H groups in total. The Bertz CT molecular complexity index is 147. The summed E-state index contributed by atoms with van der Waals surface area (Å²) in [5, 5.41) is 2.92. The van der Waals surface area contributed by atoms with Crippen molar-refractivity contribution in [2.24, 2.45) is 0 Å². The van der Waals surface area contributed by atoms with Crippen LogP contribution < -0.4 is 5.32 Å². The molecular weight excluding hydrogens is 154 g/mol. The summed E-state index contributed by atoms with van der Waals surface area (Å²) in [6, 6.07) is 0.288. The summed E-state index contributed by atoms with van der Waals surface area (Å²) in [7, 11) is 5.40. The second-order valence-electron chi connectivity index (χ2n) is 3.20. The van der Waals surface area contributed by atoms with E-state index in [1.807, 2.05) is 20.9 Å². The summed E-state index contributed by atoms with van der Waals surface area (Å²) < 4.78 is 0. The van der Waals surface area contributed by atoms with E-state index in [0.717, 1.165) is 0 Å². The van der Waals surface area contributed by atoms with Crippen molar-refractivity contribution in [3.8, 4) is 0 Å². The molecule has 0 unspecified atom stereocenters. The van der Waals surface area contributed by atoms with Crippen LogP contribution in [0.15, 0.2) is 0 Å². The lowest BCUT2D eigenvalue weighted by molar-refractivity contribution is 0.160. The topological polar surface area (TPSA) is 35.6 Å². The molecule has 0 aliphatic heterocycles. The van der Waals surface area contributed by atoms with Gasteiger partial charge >= 0.3 is 6.03 Å². The molecule has 0 aromatic rings. The number of hydrogen-bond donors (Lipinski definition) is 1. The summed E-state index contributed by atoms with van der Waals surface area (Å²) in [6.07, 6.45) is 0. The van der Waals surface area contributed by atoms with E-state index in [2.05, 4.69) is 5.32 Å². The van der Waals surface area contributed by atoms with E-state index in [9.17, 15) is 4.79 Å². The quantitative estimate of drug-likeness (QED) is 0.633. The van der Waals surface area contributed by atoms with Gasteiger partial charge in [-0.05, 0) is 20.9 Å². The summed E-state index contributed by atoms with van der Waals surface area (Å²) in [5.41, 5.74) is 0. The van der Waals surface area contributed by atoms with E-state index < -0.39 is 0 Å². The van der Waals surface area contributed by atoms with Crippen molar-refractivity contribution in [1.29, 1.82) is 0 Å². The van der Waals surface area contributed by atoms with Crippen molar-refractivity contribution in [3.05, 3.63) is 0 Å². The van der Waals surface area contributed by atoms with Crippen LogP contribution in [0.25, 0.3) is 0 Å². The number of amides is 2. The lowest BCUT2D eigenvalue weighted by atomic mass is 10.3. The van der Waals surface area contributed by atoms with Crippen molar-refractivity contribution in [2.75, 3.05) is 27.8 Å². The summed E-state index contributed by atoms with van der Waals surface area (Å²) in [6.45, 7) is 4.56. The Balaban J connectivity index is 4.00. The Hall–Kier alpha value is -0.770. The first-order chi connectivity index (χ1) is 5.50. The van der Waals surface area contributed by atoms with Gasteiger partial charge in [-0.1, -0.05) is 0 Å². The van der Waals surface area contributed by atoms with Crippen molar-refractivity contribution in [2.45, 2.75) is 19.9 Å². The van der Waals surface area contributed by atoms with Gasteiger partial charge in [0.15, 0.2) is 0 Å². The van der Waals surface area contributed by atoms with Gasteiger partial charge in [0.05, 0.1) is 6.67 Å². The van der Waals surface area contributed by atoms with Crippen LogP contribution in [0.1, 0.15) is 13.8 Å². The highest BCUT2D eigenvalue weighted by molar-refractivity contribution is 5.74. The van der Waals surface area contributed by atoms with E-state index in [1.165, 1.54) is 0 Å². The fraction of sp³-hybridized carbons (Fsp3) is 0.875. The minimum Gasteiger partial charge on any atom is -0.325 e. The van der Waals surface area contributed by atoms with Gasteiger partial charge in [0.1, 0.15) is 0 Å². The highest BCUT2D eigenvalue weighted by Gasteiger charge is 2.14. The summed E-state index contributed by atoms with van der Waals surface area (Å²) >= 11 is 0. The Kier molecular flexibility index (Phi) is 4.66. The molecule has 4 heteroatoms. The van der Waals surface area contributed by atoms with E-state index in [-0.39, 0.29) is 12.1 Å². The third-order valence-electron chi connectivity index (χ3n) is 1.80. The van der Waals surface area contributed by atoms with Gasteiger partial charge in [-0.2, -0.15) is 0 Å². The molecule has 0 atom stereocenters. The molecule has 0 aromatic carbocycles. The number of nitrogens with zero attached hydrogens (tertiary/aromatic N) is 2. The highest BCUT2D eigenvalue weighted by Crippen LogP contribution is 1.98. The second-order valence-corrected chi connectivity index (χ2v) is 3.20. The molecule has 0 spiro atoms. The van der Waals surface area contributed by atoms with Gasteiger partial charge in [-0.3, -0.25) is 0 Å². The van der Waals surface area contributed by atoms with Gasteiger partial charge in [-0.15, -0.1) is 0 Å². The van der Waals surface area contributed by atoms with E-state index in [0.29, 0.717) is 6.67 Å². The zero-order chi connectivity index (χ0) is 9.72. The van der Waals surface area contributed by atoms with Gasteiger partial charge in [0.25, 0.3) is 0 Å². The molecule has 0 aliphatic carbocycles. The van der Waals surface area contributed by atoms with E-state index >= 15 is 0 Å². The Labute approximate surface area is 74.5 Å². The van der Waals surface area contributed by atoms with Gasteiger partial charge in [-0.25, -0.2) is 4.79 Å². The first-order valence-electron chi connectivity index (χ1n) is 4.13. The average molecular weight is 173 g/mol. The molecule has 0 bridgehead atoms. The van der Waals surface area contributed by atoms with Crippen molar-refractivity contribution in [3.63, 3.8) is 0 Å². The van der Waals surface area contributed by atoms with Crippen LogP contribution in [0.3, 0.4) is 0 Å². The average Bonchev–Trinajstić information content (AvgIpc) is 2.02. The minimum atomic E-state index is 0.0411. The first kappa shape index (κ1) is 11.2. The third-order valence-corrected chi connectivity index (χ3v) is 1.80. The monoisotopic (exact) mass is 173 g/mol. The summed E-state index contributed by atoms with van der Waals surface area (Å²) in [5.74, 6) is 0. The lowest BCUT2D eigenvalue weighted by Gasteiger charge is -2.27. The van der Waals surface area contributed by atoms with Gasteiger partial charge < -0.3 is 15.1 Å². The molecule has 0 saturated carbocycles. The van der Waals surface area contributed by atoms with Crippen LogP contribution in [0.2, 0.25) is 0 Å². The number of nitrogens with one attached hydrogen (secondary N) is 1. The Morgan fingerprint density at radius 2 is 1.92 bits per heavy atom. The molecule has 0 rings (SSSR count). The van der Waals surface area contributed by atoms with Crippen LogP contribution in [-0.2, 0) is 0 Å². The molecule has 0 heterocycles. The first-order valence-corrected chi connectivity index (χ1v) is 4.13. The molecule has 4 nitrogen and oxygen atoms in total. The summed E-state index contributed by atoms with van der Waals surface area (Å²) in [4.78, 5) is 14.8. The zero-order valence-electron chi connectivity index (χ0n) is 8.59. The fourth-order valence-corrected chi connectivity index (χ4v) is 0.795.